The Morgan fingerprint density at radius 1 is 1.10 bits per heavy atom. The van der Waals surface area contributed by atoms with Crippen molar-refractivity contribution in [3.05, 3.63) is 58.9 Å². The zero-order chi connectivity index (χ0) is 14.8. The number of nitrogens with one attached hydrogen (secondary N) is 1. The molecule has 0 radical (unpaired) electrons. The minimum Gasteiger partial charge on any atom is -0.381 e. The largest absolute Gasteiger partial charge is 0.416 e. The van der Waals surface area contributed by atoms with Crippen LogP contribution in [0.4, 0.5) is 18.9 Å². The fraction of sp³-hybridized carbons (Fsp3) is 0.267. The van der Waals surface area contributed by atoms with E-state index in [0.29, 0.717) is 12.2 Å². The van der Waals surface area contributed by atoms with E-state index in [-0.39, 0.29) is 5.56 Å². The van der Waals surface area contributed by atoms with Crippen molar-refractivity contribution in [2.45, 2.75) is 26.6 Å². The van der Waals surface area contributed by atoms with Gasteiger partial charge in [-0.1, -0.05) is 12.1 Å². The Bertz CT molecular complexity index is 606. The monoisotopic (exact) mass is 280 g/mol. The molecule has 0 atom stereocenters. The predicted molar refractivity (Wildman–Crippen MR) is 72.5 cm³/mol. The van der Waals surface area contributed by atoms with Gasteiger partial charge in [0.1, 0.15) is 0 Å². The second-order valence-corrected chi connectivity index (χ2v) is 4.75. The molecule has 2 nitrogen and oxygen atoms in total. The van der Waals surface area contributed by atoms with E-state index in [1.165, 1.54) is 13.0 Å². The zero-order valence-corrected chi connectivity index (χ0v) is 11.3. The second kappa shape index (κ2) is 5.53. The smallest absolute Gasteiger partial charge is 0.381 e. The first-order valence-electron chi connectivity index (χ1n) is 6.18. The van der Waals surface area contributed by atoms with Gasteiger partial charge in [0.05, 0.1) is 5.56 Å². The van der Waals surface area contributed by atoms with Gasteiger partial charge in [-0.2, -0.15) is 13.2 Å². The van der Waals surface area contributed by atoms with Crippen LogP contribution in [0, 0.1) is 13.8 Å². The number of hydrogen-bond donors (Lipinski definition) is 1. The predicted octanol–water partition coefficient (Wildman–Crippen LogP) is 4.33. The molecule has 0 bridgehead atoms. The highest BCUT2D eigenvalue weighted by Crippen LogP contribution is 2.33. The number of alkyl halides is 3. The minimum absolute atomic E-state index is 0.222. The van der Waals surface area contributed by atoms with Crippen LogP contribution in [0.15, 0.2) is 36.7 Å². The summed E-state index contributed by atoms with van der Waals surface area (Å²) in [5.74, 6) is 0. The first-order chi connectivity index (χ1) is 9.36. The lowest BCUT2D eigenvalue weighted by Gasteiger charge is -2.13. The molecule has 0 saturated carbocycles. The Morgan fingerprint density at radius 2 is 1.85 bits per heavy atom. The van der Waals surface area contributed by atoms with Crippen molar-refractivity contribution >= 4 is 5.69 Å². The SMILES string of the molecule is Cc1cncc(CNc2ccc(C)c(C(F)(F)F)c2)c1. The zero-order valence-electron chi connectivity index (χ0n) is 11.3. The number of anilines is 1. The van der Waals surface area contributed by atoms with E-state index >= 15 is 0 Å². The summed E-state index contributed by atoms with van der Waals surface area (Å²) in [7, 11) is 0. The molecule has 0 unspecified atom stereocenters. The molecule has 2 rings (SSSR count). The summed E-state index contributed by atoms with van der Waals surface area (Å²) >= 11 is 0. The van der Waals surface area contributed by atoms with Gasteiger partial charge in [0.25, 0.3) is 0 Å². The molecule has 5 heteroatoms. The number of hydrogen-bond acceptors (Lipinski definition) is 2. The summed E-state index contributed by atoms with van der Waals surface area (Å²) in [6.45, 7) is 3.82. The maximum absolute atomic E-state index is 12.8. The van der Waals surface area contributed by atoms with Crippen molar-refractivity contribution in [3.63, 3.8) is 0 Å². The Morgan fingerprint density at radius 3 is 2.50 bits per heavy atom. The molecule has 1 aromatic carbocycles. The fourth-order valence-corrected chi connectivity index (χ4v) is 1.96. The number of benzene rings is 1. The minimum atomic E-state index is -4.33. The van der Waals surface area contributed by atoms with Crippen LogP contribution < -0.4 is 5.32 Å². The number of nitrogens with zero attached hydrogens (tertiary/aromatic N) is 1. The van der Waals surface area contributed by atoms with Gasteiger partial charge in [0, 0.05) is 24.6 Å². The molecule has 0 aliphatic rings. The van der Waals surface area contributed by atoms with Crippen LogP contribution in [-0.2, 0) is 12.7 Å². The van der Waals surface area contributed by atoms with Crippen molar-refractivity contribution < 1.29 is 13.2 Å². The van der Waals surface area contributed by atoms with E-state index in [1.807, 2.05) is 13.0 Å². The molecule has 20 heavy (non-hydrogen) atoms. The molecular formula is C15H15F3N2. The van der Waals surface area contributed by atoms with Gasteiger partial charge in [-0.05, 0) is 42.7 Å². The first-order valence-corrected chi connectivity index (χ1v) is 6.18. The Hall–Kier alpha value is -2.04. The van der Waals surface area contributed by atoms with Gasteiger partial charge in [-0.3, -0.25) is 4.98 Å². The molecular weight excluding hydrogens is 265 g/mol. The van der Waals surface area contributed by atoms with E-state index in [9.17, 15) is 13.2 Å². The average Bonchev–Trinajstić information content (AvgIpc) is 2.36. The third-order valence-electron chi connectivity index (χ3n) is 2.97. The standard InChI is InChI=1S/C15H15F3N2/c1-10-5-12(8-19-7-10)9-20-13-4-3-11(2)14(6-13)15(16,17)18/h3-8,20H,9H2,1-2H3. The van der Waals surface area contributed by atoms with Crippen LogP contribution in [0.3, 0.4) is 0 Å². The van der Waals surface area contributed by atoms with Crippen molar-refractivity contribution in [2.24, 2.45) is 0 Å². The highest BCUT2D eigenvalue weighted by molar-refractivity contribution is 5.49. The first kappa shape index (κ1) is 14.4. The molecule has 106 valence electrons. The fourth-order valence-electron chi connectivity index (χ4n) is 1.96. The van der Waals surface area contributed by atoms with Gasteiger partial charge >= 0.3 is 6.18 Å². The molecule has 0 aliphatic carbocycles. The quantitative estimate of drug-likeness (QED) is 0.905. The molecule has 0 fully saturated rings. The third-order valence-corrected chi connectivity index (χ3v) is 2.97. The Labute approximate surface area is 115 Å². The van der Waals surface area contributed by atoms with E-state index in [4.69, 9.17) is 0 Å². The topological polar surface area (TPSA) is 24.9 Å². The molecule has 2 aromatic rings. The third kappa shape index (κ3) is 3.50. The van der Waals surface area contributed by atoms with Crippen LogP contribution in [0.1, 0.15) is 22.3 Å². The molecule has 1 heterocycles. The Balaban J connectivity index is 2.14. The highest BCUT2D eigenvalue weighted by atomic mass is 19.4. The molecule has 0 saturated heterocycles. The van der Waals surface area contributed by atoms with Gasteiger partial charge in [-0.25, -0.2) is 0 Å². The van der Waals surface area contributed by atoms with Gasteiger partial charge in [0.2, 0.25) is 0 Å². The summed E-state index contributed by atoms with van der Waals surface area (Å²) in [6.07, 6.45) is -0.900. The number of halogens is 3. The number of rotatable bonds is 3. The van der Waals surface area contributed by atoms with Crippen molar-refractivity contribution in [3.8, 4) is 0 Å². The maximum atomic E-state index is 12.8. The van der Waals surface area contributed by atoms with Gasteiger partial charge in [-0.15, -0.1) is 0 Å². The average molecular weight is 280 g/mol. The van der Waals surface area contributed by atoms with Crippen LogP contribution in [0.5, 0.6) is 0 Å². The molecule has 1 N–H and O–H groups in total. The normalized spacial score (nSPS) is 11.4. The lowest BCUT2D eigenvalue weighted by molar-refractivity contribution is -0.138. The number of aryl methyl sites for hydroxylation is 2. The van der Waals surface area contributed by atoms with E-state index in [0.717, 1.165) is 17.2 Å². The van der Waals surface area contributed by atoms with Crippen molar-refractivity contribution in [1.29, 1.82) is 0 Å². The Kier molecular flexibility index (Phi) is 3.97. The van der Waals surface area contributed by atoms with E-state index in [2.05, 4.69) is 10.3 Å². The maximum Gasteiger partial charge on any atom is 0.416 e. The summed E-state index contributed by atoms with van der Waals surface area (Å²) in [5, 5.41) is 2.99. The second-order valence-electron chi connectivity index (χ2n) is 4.75. The van der Waals surface area contributed by atoms with Crippen LogP contribution in [0.2, 0.25) is 0 Å². The van der Waals surface area contributed by atoms with Crippen molar-refractivity contribution in [1.82, 2.24) is 4.98 Å². The van der Waals surface area contributed by atoms with Gasteiger partial charge < -0.3 is 5.32 Å². The summed E-state index contributed by atoms with van der Waals surface area (Å²) in [6, 6.07) is 6.20. The summed E-state index contributed by atoms with van der Waals surface area (Å²) < 4.78 is 38.4. The number of pyridine rings is 1. The number of aromatic nitrogens is 1. The molecule has 0 spiro atoms. The molecule has 0 aliphatic heterocycles. The summed E-state index contributed by atoms with van der Waals surface area (Å²) in [4.78, 5) is 4.05. The van der Waals surface area contributed by atoms with E-state index < -0.39 is 11.7 Å². The summed E-state index contributed by atoms with van der Waals surface area (Å²) in [5.41, 5.74) is 2.01. The van der Waals surface area contributed by atoms with Gasteiger partial charge in [0.15, 0.2) is 0 Å². The molecule has 1 aromatic heterocycles. The van der Waals surface area contributed by atoms with E-state index in [1.54, 1.807) is 18.5 Å². The van der Waals surface area contributed by atoms with Crippen LogP contribution >= 0.6 is 0 Å². The van der Waals surface area contributed by atoms with Crippen molar-refractivity contribution in [2.75, 3.05) is 5.32 Å². The molecule has 0 amide bonds. The lowest BCUT2D eigenvalue weighted by atomic mass is 10.1. The lowest BCUT2D eigenvalue weighted by Crippen LogP contribution is -2.09. The highest BCUT2D eigenvalue weighted by Gasteiger charge is 2.32. The van der Waals surface area contributed by atoms with Crippen LogP contribution in [-0.4, -0.2) is 4.98 Å². The van der Waals surface area contributed by atoms with Crippen LogP contribution in [0.25, 0.3) is 0 Å².